The molecule has 1 aromatic heterocycles. The molecule has 0 saturated heterocycles. The van der Waals surface area contributed by atoms with E-state index in [0.717, 1.165) is 11.3 Å². The number of aryl methyl sites for hydroxylation is 1. The summed E-state index contributed by atoms with van der Waals surface area (Å²) in [5.74, 6) is -1.84. The number of hydrogen-bond acceptors (Lipinski definition) is 5. The molecule has 7 heteroatoms. The highest BCUT2D eigenvalue weighted by atomic mass is 16.5. The van der Waals surface area contributed by atoms with Crippen molar-refractivity contribution in [3.05, 3.63) is 70.9 Å². The Hall–Kier alpha value is -3.74. The third-order valence-corrected chi connectivity index (χ3v) is 4.58. The summed E-state index contributed by atoms with van der Waals surface area (Å²) in [7, 11) is 0. The van der Waals surface area contributed by atoms with Gasteiger partial charge in [-0.1, -0.05) is 37.3 Å². The number of primary amides is 1. The summed E-state index contributed by atoms with van der Waals surface area (Å²) in [6.45, 7) is 3.28. The van der Waals surface area contributed by atoms with Crippen molar-refractivity contribution in [1.29, 1.82) is 0 Å². The molecule has 0 spiro atoms. The van der Waals surface area contributed by atoms with E-state index in [1.807, 2.05) is 32.0 Å². The Kier molecular flexibility index (Phi) is 5.87. The van der Waals surface area contributed by atoms with E-state index in [2.05, 4.69) is 10.3 Å². The number of para-hydroxylation sites is 2. The fraction of sp³-hybridized carbons (Fsp3) is 0.182. The number of carbonyl (C=O) groups excluding carboxylic acids is 3. The SMILES string of the molecule is CCc1nc2ccccc2c(C(=O)OCC(=O)Nc2ccccc2C(N)=O)c1C. The molecular weight excluding hydrogens is 370 g/mol. The largest absolute Gasteiger partial charge is 0.452 e. The maximum Gasteiger partial charge on any atom is 0.339 e. The van der Waals surface area contributed by atoms with Gasteiger partial charge in [0.2, 0.25) is 0 Å². The lowest BCUT2D eigenvalue weighted by Gasteiger charge is -2.13. The van der Waals surface area contributed by atoms with Crippen molar-refractivity contribution in [3.63, 3.8) is 0 Å². The molecular formula is C22H21N3O4. The van der Waals surface area contributed by atoms with Crippen LogP contribution in [0.5, 0.6) is 0 Å². The molecule has 0 fully saturated rings. The monoisotopic (exact) mass is 391 g/mol. The number of nitrogens with one attached hydrogen (secondary N) is 1. The highest BCUT2D eigenvalue weighted by Gasteiger charge is 2.20. The number of benzene rings is 2. The van der Waals surface area contributed by atoms with Gasteiger partial charge in [-0.05, 0) is 37.1 Å². The van der Waals surface area contributed by atoms with Gasteiger partial charge in [0.1, 0.15) is 0 Å². The number of ether oxygens (including phenoxy) is 1. The van der Waals surface area contributed by atoms with E-state index in [4.69, 9.17) is 10.5 Å². The van der Waals surface area contributed by atoms with Gasteiger partial charge in [-0.3, -0.25) is 14.6 Å². The zero-order chi connectivity index (χ0) is 21.0. The Labute approximate surface area is 167 Å². The van der Waals surface area contributed by atoms with Crippen molar-refractivity contribution in [2.24, 2.45) is 5.73 Å². The third-order valence-electron chi connectivity index (χ3n) is 4.58. The predicted molar refractivity (Wildman–Crippen MR) is 110 cm³/mol. The second-order valence-corrected chi connectivity index (χ2v) is 6.46. The first kappa shape index (κ1) is 20.0. The average Bonchev–Trinajstić information content (AvgIpc) is 2.71. The lowest BCUT2D eigenvalue weighted by Crippen LogP contribution is -2.23. The number of rotatable bonds is 6. The smallest absolute Gasteiger partial charge is 0.339 e. The standard InChI is InChI=1S/C22H21N3O4/c1-3-16-13(2)20(14-8-4-6-10-17(14)24-16)22(28)29-12-19(26)25-18-11-7-5-9-15(18)21(23)27/h4-11H,3,12H2,1-2H3,(H2,23,27)(H,25,26). The summed E-state index contributed by atoms with van der Waals surface area (Å²) in [5, 5.41) is 3.22. The Morgan fingerprint density at radius 3 is 2.48 bits per heavy atom. The van der Waals surface area contributed by atoms with E-state index in [0.29, 0.717) is 22.9 Å². The second kappa shape index (κ2) is 8.52. The van der Waals surface area contributed by atoms with Gasteiger partial charge in [-0.15, -0.1) is 0 Å². The quantitative estimate of drug-likeness (QED) is 0.628. The summed E-state index contributed by atoms with van der Waals surface area (Å²) < 4.78 is 5.26. The van der Waals surface area contributed by atoms with Gasteiger partial charge >= 0.3 is 5.97 Å². The van der Waals surface area contributed by atoms with Crippen molar-refractivity contribution in [1.82, 2.24) is 4.98 Å². The van der Waals surface area contributed by atoms with Crippen molar-refractivity contribution in [3.8, 4) is 0 Å². The maximum atomic E-state index is 12.8. The molecule has 148 valence electrons. The average molecular weight is 391 g/mol. The summed E-state index contributed by atoms with van der Waals surface area (Å²) in [4.78, 5) is 41.1. The predicted octanol–water partition coefficient (Wildman–Crippen LogP) is 3.00. The van der Waals surface area contributed by atoms with Crippen molar-refractivity contribution in [2.45, 2.75) is 20.3 Å². The van der Waals surface area contributed by atoms with E-state index in [1.54, 1.807) is 24.3 Å². The van der Waals surface area contributed by atoms with Gasteiger partial charge < -0.3 is 15.8 Å². The Morgan fingerprint density at radius 1 is 1.07 bits per heavy atom. The maximum absolute atomic E-state index is 12.8. The van der Waals surface area contributed by atoms with Gasteiger partial charge in [0.15, 0.2) is 6.61 Å². The minimum atomic E-state index is -0.663. The lowest BCUT2D eigenvalue weighted by molar-refractivity contribution is -0.119. The molecule has 2 amide bonds. The molecule has 3 rings (SSSR count). The molecule has 0 saturated carbocycles. The van der Waals surface area contributed by atoms with Crippen molar-refractivity contribution in [2.75, 3.05) is 11.9 Å². The lowest BCUT2D eigenvalue weighted by atomic mass is 10.0. The van der Waals surface area contributed by atoms with Gasteiger partial charge in [-0.25, -0.2) is 4.79 Å². The minimum Gasteiger partial charge on any atom is -0.452 e. The van der Waals surface area contributed by atoms with Crippen LogP contribution in [0, 0.1) is 6.92 Å². The first-order valence-electron chi connectivity index (χ1n) is 9.16. The number of pyridine rings is 1. The van der Waals surface area contributed by atoms with Crippen LogP contribution >= 0.6 is 0 Å². The zero-order valence-electron chi connectivity index (χ0n) is 16.2. The van der Waals surface area contributed by atoms with Crippen LogP contribution in [-0.4, -0.2) is 29.4 Å². The van der Waals surface area contributed by atoms with Gasteiger partial charge in [0, 0.05) is 11.1 Å². The highest BCUT2D eigenvalue weighted by molar-refractivity contribution is 6.07. The third kappa shape index (κ3) is 4.24. The molecule has 2 aromatic carbocycles. The van der Waals surface area contributed by atoms with E-state index in [-0.39, 0.29) is 11.3 Å². The summed E-state index contributed by atoms with van der Waals surface area (Å²) in [5.41, 5.74) is 8.37. The number of carbonyl (C=O) groups is 3. The normalized spacial score (nSPS) is 10.6. The molecule has 1 heterocycles. The van der Waals surface area contributed by atoms with E-state index >= 15 is 0 Å². The van der Waals surface area contributed by atoms with Crippen LogP contribution in [0.25, 0.3) is 10.9 Å². The van der Waals surface area contributed by atoms with Crippen LogP contribution in [-0.2, 0) is 16.0 Å². The summed E-state index contributed by atoms with van der Waals surface area (Å²) in [6, 6.07) is 13.6. The van der Waals surface area contributed by atoms with Crippen molar-refractivity contribution >= 4 is 34.4 Å². The molecule has 29 heavy (non-hydrogen) atoms. The molecule has 0 radical (unpaired) electrons. The number of fused-ring (bicyclic) bond motifs is 1. The Morgan fingerprint density at radius 2 is 1.76 bits per heavy atom. The first-order valence-corrected chi connectivity index (χ1v) is 9.16. The van der Waals surface area contributed by atoms with Crippen LogP contribution in [0.15, 0.2) is 48.5 Å². The molecule has 0 atom stereocenters. The molecule has 0 aliphatic heterocycles. The molecule has 3 N–H and O–H groups in total. The molecule has 0 unspecified atom stereocenters. The molecule has 7 nitrogen and oxygen atoms in total. The molecule has 0 bridgehead atoms. The Bertz CT molecular complexity index is 1110. The Balaban J connectivity index is 1.79. The van der Waals surface area contributed by atoms with Gasteiger partial charge in [0.05, 0.1) is 22.3 Å². The summed E-state index contributed by atoms with van der Waals surface area (Å²) >= 11 is 0. The number of anilines is 1. The second-order valence-electron chi connectivity index (χ2n) is 6.46. The molecule has 0 aliphatic carbocycles. The van der Waals surface area contributed by atoms with Gasteiger partial charge in [-0.2, -0.15) is 0 Å². The topological polar surface area (TPSA) is 111 Å². The first-order chi connectivity index (χ1) is 13.9. The highest BCUT2D eigenvalue weighted by Crippen LogP contribution is 2.24. The van der Waals surface area contributed by atoms with Crippen molar-refractivity contribution < 1.29 is 19.1 Å². The fourth-order valence-electron chi connectivity index (χ4n) is 3.16. The van der Waals surface area contributed by atoms with Crippen LogP contribution in [0.1, 0.15) is 38.9 Å². The molecule has 3 aromatic rings. The number of aromatic nitrogens is 1. The van der Waals surface area contributed by atoms with Crippen LogP contribution in [0.4, 0.5) is 5.69 Å². The number of hydrogen-bond donors (Lipinski definition) is 2. The minimum absolute atomic E-state index is 0.177. The van der Waals surface area contributed by atoms with E-state index < -0.39 is 24.4 Å². The zero-order valence-corrected chi connectivity index (χ0v) is 16.2. The number of nitrogens with two attached hydrogens (primary N) is 1. The van der Waals surface area contributed by atoms with Crippen LogP contribution < -0.4 is 11.1 Å². The number of esters is 1. The number of nitrogens with zero attached hydrogens (tertiary/aromatic N) is 1. The molecule has 0 aliphatic rings. The van der Waals surface area contributed by atoms with E-state index in [9.17, 15) is 14.4 Å². The van der Waals surface area contributed by atoms with Crippen LogP contribution in [0.3, 0.4) is 0 Å². The van der Waals surface area contributed by atoms with E-state index in [1.165, 1.54) is 6.07 Å². The van der Waals surface area contributed by atoms with Crippen LogP contribution in [0.2, 0.25) is 0 Å². The van der Waals surface area contributed by atoms with Gasteiger partial charge in [0.25, 0.3) is 11.8 Å². The summed E-state index contributed by atoms with van der Waals surface area (Å²) in [6.07, 6.45) is 0.668. The number of amides is 2. The fourth-order valence-corrected chi connectivity index (χ4v) is 3.16.